The molecule has 0 saturated carbocycles. The molecule has 0 bridgehead atoms. The minimum Gasteiger partial charge on any atom is -0.390 e. The number of benzene rings is 1. The molecule has 0 aliphatic carbocycles. The Hall–Kier alpha value is -1.13. The number of aliphatic hydroxyl groups is 2. The number of hydrogen-bond donors (Lipinski definition) is 2. The fourth-order valence-corrected chi connectivity index (χ4v) is 2.79. The van der Waals surface area contributed by atoms with E-state index in [0.717, 1.165) is 31.6 Å². The lowest BCUT2D eigenvalue weighted by molar-refractivity contribution is 0.0481. The van der Waals surface area contributed by atoms with E-state index in [9.17, 15) is 14.6 Å². The summed E-state index contributed by atoms with van der Waals surface area (Å²) in [5.41, 5.74) is 1.46. The van der Waals surface area contributed by atoms with Crippen LogP contribution < -0.4 is 4.90 Å². The molecular weight excluding hydrogens is 257 g/mol. The lowest BCUT2D eigenvalue weighted by Crippen LogP contribution is -2.29. The Bertz CT molecular complexity index is 486. The first kappa shape index (κ1) is 15.3. The van der Waals surface area contributed by atoms with E-state index in [1.807, 2.05) is 6.92 Å². The predicted octanol–water partition coefficient (Wildman–Crippen LogP) is 2.93. The van der Waals surface area contributed by atoms with Crippen molar-refractivity contribution in [2.24, 2.45) is 0 Å². The van der Waals surface area contributed by atoms with Gasteiger partial charge in [0.1, 0.15) is 5.82 Å². The Morgan fingerprint density at radius 2 is 2.00 bits per heavy atom. The van der Waals surface area contributed by atoms with Crippen LogP contribution in [0.1, 0.15) is 50.3 Å². The van der Waals surface area contributed by atoms with E-state index < -0.39 is 11.7 Å². The molecule has 1 aromatic carbocycles. The minimum atomic E-state index is -0.705. The molecule has 20 heavy (non-hydrogen) atoms. The molecule has 2 atom stereocenters. The van der Waals surface area contributed by atoms with Crippen LogP contribution in [-0.2, 0) is 0 Å². The van der Waals surface area contributed by atoms with E-state index in [4.69, 9.17) is 0 Å². The molecule has 0 radical (unpaired) electrons. The van der Waals surface area contributed by atoms with Crippen LogP contribution in [0.5, 0.6) is 0 Å². The van der Waals surface area contributed by atoms with Crippen molar-refractivity contribution in [2.75, 3.05) is 18.0 Å². The quantitative estimate of drug-likeness (QED) is 0.876. The summed E-state index contributed by atoms with van der Waals surface area (Å²) in [7, 11) is 0. The molecule has 1 saturated heterocycles. The molecule has 1 fully saturated rings. The standard InChI is InChI=1S/C16H24FNO2/c1-11-9-15(13(12(2)19)10-14(11)17)18-7-4-5-16(3,20)6-8-18/h9-10,12,19-20H,4-8H2,1-3H3. The van der Waals surface area contributed by atoms with Gasteiger partial charge >= 0.3 is 0 Å². The van der Waals surface area contributed by atoms with Crippen LogP contribution in [0.15, 0.2) is 12.1 Å². The average molecular weight is 281 g/mol. The number of halogens is 1. The largest absolute Gasteiger partial charge is 0.390 e. The number of aliphatic hydroxyl groups excluding tert-OH is 1. The summed E-state index contributed by atoms with van der Waals surface area (Å²) in [4.78, 5) is 2.15. The van der Waals surface area contributed by atoms with Crippen molar-refractivity contribution in [1.82, 2.24) is 0 Å². The van der Waals surface area contributed by atoms with Crippen LogP contribution in [0.3, 0.4) is 0 Å². The molecule has 2 rings (SSSR count). The van der Waals surface area contributed by atoms with Crippen LogP contribution in [0.25, 0.3) is 0 Å². The molecule has 0 aromatic heterocycles. The molecule has 112 valence electrons. The van der Waals surface area contributed by atoms with Crippen LogP contribution in [0.2, 0.25) is 0 Å². The van der Waals surface area contributed by atoms with Crippen LogP contribution in [-0.4, -0.2) is 28.9 Å². The van der Waals surface area contributed by atoms with Gasteiger partial charge in [0.25, 0.3) is 0 Å². The number of anilines is 1. The fraction of sp³-hybridized carbons (Fsp3) is 0.625. The SMILES string of the molecule is Cc1cc(N2CCCC(C)(O)CC2)c(C(C)O)cc1F. The zero-order valence-electron chi connectivity index (χ0n) is 12.5. The number of nitrogens with zero attached hydrogens (tertiary/aromatic N) is 1. The van der Waals surface area contributed by atoms with E-state index in [-0.39, 0.29) is 5.82 Å². The van der Waals surface area contributed by atoms with E-state index in [2.05, 4.69) is 4.90 Å². The summed E-state index contributed by atoms with van der Waals surface area (Å²) < 4.78 is 13.7. The molecule has 0 amide bonds. The van der Waals surface area contributed by atoms with Gasteiger partial charge in [0.15, 0.2) is 0 Å². The number of rotatable bonds is 2. The zero-order chi connectivity index (χ0) is 14.9. The monoisotopic (exact) mass is 281 g/mol. The topological polar surface area (TPSA) is 43.7 Å². The van der Waals surface area contributed by atoms with E-state index in [1.165, 1.54) is 6.07 Å². The summed E-state index contributed by atoms with van der Waals surface area (Å²) in [6.07, 6.45) is 1.64. The van der Waals surface area contributed by atoms with Crippen molar-refractivity contribution in [1.29, 1.82) is 0 Å². The third-order valence-corrected chi connectivity index (χ3v) is 4.16. The number of hydrogen-bond acceptors (Lipinski definition) is 3. The van der Waals surface area contributed by atoms with Crippen molar-refractivity contribution >= 4 is 5.69 Å². The summed E-state index contributed by atoms with van der Waals surface area (Å²) in [6, 6.07) is 3.23. The van der Waals surface area contributed by atoms with E-state index in [0.29, 0.717) is 17.5 Å². The Morgan fingerprint density at radius 1 is 1.30 bits per heavy atom. The molecule has 3 nitrogen and oxygen atoms in total. The molecule has 1 aromatic rings. The van der Waals surface area contributed by atoms with Gasteiger partial charge in [0.05, 0.1) is 11.7 Å². The van der Waals surface area contributed by atoms with E-state index in [1.54, 1.807) is 19.9 Å². The van der Waals surface area contributed by atoms with Gasteiger partial charge in [-0.1, -0.05) is 0 Å². The molecule has 1 aliphatic rings. The van der Waals surface area contributed by atoms with Crippen molar-refractivity contribution in [2.45, 2.75) is 51.7 Å². The highest BCUT2D eigenvalue weighted by Crippen LogP contribution is 2.32. The maximum Gasteiger partial charge on any atom is 0.126 e. The predicted molar refractivity (Wildman–Crippen MR) is 78.5 cm³/mol. The third-order valence-electron chi connectivity index (χ3n) is 4.16. The molecule has 2 N–H and O–H groups in total. The van der Waals surface area contributed by atoms with Gasteiger partial charge in [-0.05, 0) is 57.7 Å². The molecule has 4 heteroatoms. The molecule has 0 spiro atoms. The Kier molecular flexibility index (Phi) is 4.35. The van der Waals surface area contributed by atoms with Gasteiger partial charge in [0.2, 0.25) is 0 Å². The molecule has 2 unspecified atom stereocenters. The summed E-state index contributed by atoms with van der Waals surface area (Å²) in [5.74, 6) is -0.286. The number of aryl methyl sites for hydroxylation is 1. The average Bonchev–Trinajstić information content (AvgIpc) is 2.53. The normalized spacial score (nSPS) is 25.4. The first-order valence-electron chi connectivity index (χ1n) is 7.25. The minimum absolute atomic E-state index is 0.286. The smallest absolute Gasteiger partial charge is 0.126 e. The zero-order valence-corrected chi connectivity index (χ0v) is 12.5. The van der Waals surface area contributed by atoms with Crippen molar-refractivity contribution < 1.29 is 14.6 Å². The van der Waals surface area contributed by atoms with Gasteiger partial charge in [0, 0.05) is 24.3 Å². The lowest BCUT2D eigenvalue weighted by Gasteiger charge is -2.28. The van der Waals surface area contributed by atoms with Gasteiger partial charge in [-0.25, -0.2) is 4.39 Å². The van der Waals surface area contributed by atoms with Crippen LogP contribution >= 0.6 is 0 Å². The highest BCUT2D eigenvalue weighted by Gasteiger charge is 2.26. The molecule has 1 aliphatic heterocycles. The Morgan fingerprint density at radius 3 is 2.65 bits per heavy atom. The molecule has 1 heterocycles. The van der Waals surface area contributed by atoms with Crippen LogP contribution in [0, 0.1) is 12.7 Å². The highest BCUT2D eigenvalue weighted by atomic mass is 19.1. The summed E-state index contributed by atoms with van der Waals surface area (Å²) in [6.45, 7) is 6.79. The van der Waals surface area contributed by atoms with Gasteiger partial charge in [-0.3, -0.25) is 0 Å². The first-order valence-corrected chi connectivity index (χ1v) is 7.25. The summed E-state index contributed by atoms with van der Waals surface area (Å²) in [5, 5.41) is 20.0. The van der Waals surface area contributed by atoms with Crippen molar-refractivity contribution in [3.63, 3.8) is 0 Å². The summed E-state index contributed by atoms with van der Waals surface area (Å²) >= 11 is 0. The Labute approximate surface area is 120 Å². The van der Waals surface area contributed by atoms with E-state index >= 15 is 0 Å². The Balaban J connectivity index is 2.34. The van der Waals surface area contributed by atoms with Gasteiger partial charge < -0.3 is 15.1 Å². The van der Waals surface area contributed by atoms with Crippen molar-refractivity contribution in [3.8, 4) is 0 Å². The third kappa shape index (κ3) is 3.30. The second kappa shape index (κ2) is 5.70. The first-order chi connectivity index (χ1) is 9.30. The lowest BCUT2D eigenvalue weighted by atomic mass is 9.98. The highest BCUT2D eigenvalue weighted by molar-refractivity contribution is 5.57. The maximum atomic E-state index is 13.7. The fourth-order valence-electron chi connectivity index (χ4n) is 2.79. The second-order valence-corrected chi connectivity index (χ2v) is 6.17. The molecular formula is C16H24FNO2. The maximum absolute atomic E-state index is 13.7. The second-order valence-electron chi connectivity index (χ2n) is 6.17. The van der Waals surface area contributed by atoms with Gasteiger partial charge in [-0.15, -0.1) is 0 Å². The van der Waals surface area contributed by atoms with Crippen LogP contribution in [0.4, 0.5) is 10.1 Å². The van der Waals surface area contributed by atoms with Crippen molar-refractivity contribution in [3.05, 3.63) is 29.1 Å². The van der Waals surface area contributed by atoms with Gasteiger partial charge in [-0.2, -0.15) is 0 Å².